The number of carbonyl (C=O) groups is 3. The largest absolute Gasteiger partial charge is 0.493 e. The molecule has 2 aromatic carbocycles. The predicted molar refractivity (Wildman–Crippen MR) is 102 cm³/mol. The number of nitrogens with one attached hydrogen (secondary N) is 3. The SMILES string of the molecule is CCOc1ccccc1C(=O)NCC(=O)NNC(=O)c1cc(Cl)ccc1Cl. The molecule has 0 aliphatic heterocycles. The molecule has 0 saturated carbocycles. The molecule has 0 aliphatic rings. The number of hydrazine groups is 1. The van der Waals surface area contributed by atoms with Crippen molar-refractivity contribution >= 4 is 40.9 Å². The molecule has 0 heterocycles. The minimum absolute atomic E-state index is 0.110. The number of carbonyl (C=O) groups excluding carboxylic acids is 3. The van der Waals surface area contributed by atoms with Crippen LogP contribution in [-0.2, 0) is 4.79 Å². The van der Waals surface area contributed by atoms with Gasteiger partial charge in [0.15, 0.2) is 0 Å². The van der Waals surface area contributed by atoms with E-state index in [-0.39, 0.29) is 17.1 Å². The van der Waals surface area contributed by atoms with Crippen molar-refractivity contribution in [1.82, 2.24) is 16.2 Å². The van der Waals surface area contributed by atoms with E-state index < -0.39 is 17.7 Å². The zero-order valence-electron chi connectivity index (χ0n) is 14.3. The van der Waals surface area contributed by atoms with Gasteiger partial charge in [-0.05, 0) is 37.3 Å². The van der Waals surface area contributed by atoms with E-state index in [0.29, 0.717) is 22.9 Å². The van der Waals surface area contributed by atoms with E-state index in [9.17, 15) is 14.4 Å². The van der Waals surface area contributed by atoms with Gasteiger partial charge in [-0.2, -0.15) is 0 Å². The molecule has 0 atom stereocenters. The molecule has 0 saturated heterocycles. The predicted octanol–water partition coefficient (Wildman–Crippen LogP) is 2.58. The monoisotopic (exact) mass is 409 g/mol. The molecule has 2 rings (SSSR count). The Morgan fingerprint density at radius 3 is 2.44 bits per heavy atom. The number of halogens is 2. The highest BCUT2D eigenvalue weighted by molar-refractivity contribution is 6.35. The van der Waals surface area contributed by atoms with Crippen LogP contribution in [0.5, 0.6) is 5.75 Å². The van der Waals surface area contributed by atoms with E-state index in [1.165, 1.54) is 18.2 Å². The maximum absolute atomic E-state index is 12.2. The Bertz CT molecular complexity index is 858. The molecule has 0 bridgehead atoms. The smallest absolute Gasteiger partial charge is 0.271 e. The van der Waals surface area contributed by atoms with Gasteiger partial charge in [0.1, 0.15) is 5.75 Å². The number of amides is 3. The molecule has 3 amide bonds. The van der Waals surface area contributed by atoms with Crippen molar-refractivity contribution in [3.63, 3.8) is 0 Å². The second kappa shape index (κ2) is 9.80. The summed E-state index contributed by atoms with van der Waals surface area (Å²) in [4.78, 5) is 36.1. The van der Waals surface area contributed by atoms with Gasteiger partial charge < -0.3 is 10.1 Å². The van der Waals surface area contributed by atoms with Gasteiger partial charge in [-0.25, -0.2) is 0 Å². The van der Waals surface area contributed by atoms with Crippen LogP contribution >= 0.6 is 23.2 Å². The molecular weight excluding hydrogens is 393 g/mol. The molecule has 142 valence electrons. The van der Waals surface area contributed by atoms with Crippen LogP contribution in [0.2, 0.25) is 10.0 Å². The maximum atomic E-state index is 12.2. The molecule has 9 heteroatoms. The van der Waals surface area contributed by atoms with Crippen LogP contribution in [0.1, 0.15) is 27.6 Å². The van der Waals surface area contributed by atoms with Crippen LogP contribution in [-0.4, -0.2) is 30.9 Å². The van der Waals surface area contributed by atoms with Gasteiger partial charge in [0.25, 0.3) is 17.7 Å². The molecule has 0 spiro atoms. The van der Waals surface area contributed by atoms with Crippen molar-refractivity contribution in [3.8, 4) is 5.75 Å². The highest BCUT2D eigenvalue weighted by Gasteiger charge is 2.14. The molecule has 3 N–H and O–H groups in total. The van der Waals surface area contributed by atoms with E-state index in [4.69, 9.17) is 27.9 Å². The maximum Gasteiger partial charge on any atom is 0.271 e. The Balaban J connectivity index is 1.87. The molecule has 0 aliphatic carbocycles. The van der Waals surface area contributed by atoms with Gasteiger partial charge >= 0.3 is 0 Å². The average Bonchev–Trinajstić information content (AvgIpc) is 2.66. The number of hydrogen-bond donors (Lipinski definition) is 3. The van der Waals surface area contributed by atoms with Crippen molar-refractivity contribution in [2.75, 3.05) is 13.2 Å². The first-order chi connectivity index (χ1) is 12.9. The fraction of sp³-hybridized carbons (Fsp3) is 0.167. The Kier molecular flexibility index (Phi) is 7.45. The zero-order chi connectivity index (χ0) is 19.8. The molecular formula is C18H17Cl2N3O4. The molecule has 7 nitrogen and oxygen atoms in total. The minimum Gasteiger partial charge on any atom is -0.493 e. The molecule has 27 heavy (non-hydrogen) atoms. The van der Waals surface area contributed by atoms with Crippen molar-refractivity contribution < 1.29 is 19.1 Å². The number of rotatable bonds is 6. The minimum atomic E-state index is -0.635. The van der Waals surface area contributed by atoms with Gasteiger partial charge in [0, 0.05) is 5.02 Å². The number of benzene rings is 2. The fourth-order valence-electron chi connectivity index (χ4n) is 2.10. The summed E-state index contributed by atoms with van der Waals surface area (Å²) in [5.74, 6) is -1.31. The van der Waals surface area contributed by atoms with Crippen LogP contribution in [0, 0.1) is 0 Å². The lowest BCUT2D eigenvalue weighted by molar-refractivity contribution is -0.120. The van der Waals surface area contributed by atoms with Gasteiger partial charge in [0.05, 0.1) is 29.3 Å². The van der Waals surface area contributed by atoms with Crippen LogP contribution in [0.15, 0.2) is 42.5 Å². The molecule has 0 aromatic heterocycles. The highest BCUT2D eigenvalue weighted by atomic mass is 35.5. The topological polar surface area (TPSA) is 96.5 Å². The van der Waals surface area contributed by atoms with Gasteiger partial charge in [-0.1, -0.05) is 35.3 Å². The summed E-state index contributed by atoms with van der Waals surface area (Å²) >= 11 is 11.7. The summed E-state index contributed by atoms with van der Waals surface area (Å²) in [7, 11) is 0. The summed E-state index contributed by atoms with van der Waals surface area (Å²) in [6.45, 7) is 1.86. The van der Waals surface area contributed by atoms with Crippen molar-refractivity contribution in [1.29, 1.82) is 0 Å². The quantitative estimate of drug-likeness (QED) is 0.638. The molecule has 0 unspecified atom stereocenters. The molecule has 0 radical (unpaired) electrons. The highest BCUT2D eigenvalue weighted by Crippen LogP contribution is 2.20. The van der Waals surface area contributed by atoms with E-state index in [1.807, 2.05) is 0 Å². The first-order valence-corrected chi connectivity index (χ1v) is 8.72. The van der Waals surface area contributed by atoms with Crippen LogP contribution < -0.4 is 20.9 Å². The second-order valence-corrected chi connectivity index (χ2v) is 6.08. The third kappa shape index (κ3) is 5.87. The average molecular weight is 410 g/mol. The van der Waals surface area contributed by atoms with E-state index in [2.05, 4.69) is 16.2 Å². The van der Waals surface area contributed by atoms with Gasteiger partial charge in [-0.15, -0.1) is 0 Å². The Hall–Kier alpha value is -2.77. The number of para-hydroxylation sites is 1. The van der Waals surface area contributed by atoms with E-state index >= 15 is 0 Å². The van der Waals surface area contributed by atoms with E-state index in [0.717, 1.165) is 0 Å². The summed E-state index contributed by atoms with van der Waals surface area (Å²) in [5.41, 5.74) is 4.81. The van der Waals surface area contributed by atoms with Gasteiger partial charge in [0.2, 0.25) is 0 Å². The lowest BCUT2D eigenvalue weighted by Crippen LogP contribution is -2.46. The van der Waals surface area contributed by atoms with Crippen molar-refractivity contribution in [3.05, 3.63) is 63.6 Å². The zero-order valence-corrected chi connectivity index (χ0v) is 15.9. The summed E-state index contributed by atoms with van der Waals surface area (Å²) < 4.78 is 5.37. The lowest BCUT2D eigenvalue weighted by atomic mass is 10.2. The standard InChI is InChI=1S/C18H17Cl2N3O4/c1-2-27-15-6-4-3-5-12(15)17(25)21-10-16(24)22-23-18(26)13-9-11(19)7-8-14(13)20/h3-9H,2,10H2,1H3,(H,21,25)(H,22,24)(H,23,26). The third-order valence-electron chi connectivity index (χ3n) is 3.33. The number of ether oxygens (including phenoxy) is 1. The van der Waals surface area contributed by atoms with Crippen molar-refractivity contribution in [2.45, 2.75) is 6.92 Å². The first-order valence-electron chi connectivity index (χ1n) is 7.96. The van der Waals surface area contributed by atoms with Crippen LogP contribution in [0.25, 0.3) is 0 Å². The second-order valence-electron chi connectivity index (χ2n) is 5.24. The third-order valence-corrected chi connectivity index (χ3v) is 3.89. The summed E-state index contributed by atoms with van der Waals surface area (Å²) in [6.07, 6.45) is 0. The Labute approximate surface area is 166 Å². The molecule has 0 fully saturated rings. The molecule has 2 aromatic rings. The van der Waals surface area contributed by atoms with E-state index in [1.54, 1.807) is 31.2 Å². The Morgan fingerprint density at radius 1 is 0.963 bits per heavy atom. The fourth-order valence-corrected chi connectivity index (χ4v) is 2.48. The first kappa shape index (κ1) is 20.5. The van der Waals surface area contributed by atoms with Gasteiger partial charge in [-0.3, -0.25) is 25.2 Å². The van der Waals surface area contributed by atoms with Crippen LogP contribution in [0.4, 0.5) is 0 Å². The normalized spacial score (nSPS) is 10.0. The Morgan fingerprint density at radius 2 is 1.70 bits per heavy atom. The summed E-state index contributed by atoms with van der Waals surface area (Å²) in [6, 6.07) is 11.1. The van der Waals surface area contributed by atoms with Crippen molar-refractivity contribution in [2.24, 2.45) is 0 Å². The lowest BCUT2D eigenvalue weighted by Gasteiger charge is -2.11. The number of hydrogen-bond acceptors (Lipinski definition) is 4. The summed E-state index contributed by atoms with van der Waals surface area (Å²) in [5, 5.41) is 2.97. The van der Waals surface area contributed by atoms with Crippen LogP contribution in [0.3, 0.4) is 0 Å².